The first-order valence-electron chi connectivity index (χ1n) is 14.2. The van der Waals surface area contributed by atoms with Crippen LogP contribution in [0, 0.1) is 0 Å². The maximum Gasteiger partial charge on any atom is 0.460 e. The summed E-state index contributed by atoms with van der Waals surface area (Å²) in [5.41, 5.74) is 0. The summed E-state index contributed by atoms with van der Waals surface area (Å²) < 4.78 is 501. The zero-order valence-electron chi connectivity index (χ0n) is 27.5. The van der Waals surface area contributed by atoms with E-state index < -0.39 is 139 Å². The van der Waals surface area contributed by atoms with Crippen molar-refractivity contribution >= 4 is 0 Å². The molecule has 0 N–H and O–H groups in total. The molecule has 0 spiro atoms. The van der Waals surface area contributed by atoms with Crippen molar-refractivity contribution in [1.82, 2.24) is 0 Å². The van der Waals surface area contributed by atoms with Gasteiger partial charge in [0, 0.05) is 32.1 Å². The van der Waals surface area contributed by atoms with Crippen LogP contribution < -0.4 is 0 Å². The first-order valence-corrected chi connectivity index (χ1v) is 14.2. The Hall–Kier alpha value is -2.59. The molecule has 0 unspecified atom stereocenters. The number of hydrogen-bond acceptors (Lipinski definition) is 0. The Morgan fingerprint density at radius 3 is 0.443 bits per heavy atom. The lowest BCUT2D eigenvalue weighted by atomic mass is 9.85. The second-order valence-electron chi connectivity index (χ2n) is 12.3. The first-order chi connectivity index (χ1) is 25.7. The van der Waals surface area contributed by atoms with Crippen LogP contribution in [-0.2, 0) is 0 Å². The van der Waals surface area contributed by atoms with Crippen LogP contribution in [0.4, 0.5) is 162 Å². The van der Waals surface area contributed by atoms with Gasteiger partial charge in [0.15, 0.2) is 0 Å². The van der Waals surface area contributed by atoms with Gasteiger partial charge in [0.25, 0.3) is 0 Å². The van der Waals surface area contributed by atoms with Crippen molar-refractivity contribution in [3.63, 3.8) is 0 Å². The fourth-order valence-electron chi connectivity index (χ4n) is 3.99. The number of rotatable bonds is 21. The van der Waals surface area contributed by atoms with E-state index in [1.807, 2.05) is 0 Å². The van der Waals surface area contributed by atoms with Crippen molar-refractivity contribution < 1.29 is 162 Å². The molecule has 0 aromatic rings. The summed E-state index contributed by atoms with van der Waals surface area (Å²) in [6.45, 7) is -0.272. The van der Waals surface area contributed by atoms with E-state index in [0.29, 0.717) is 0 Å². The minimum Gasteiger partial charge on any atom is -0.200 e. The third kappa shape index (κ3) is 7.90. The maximum atomic E-state index is 14.0. The highest BCUT2D eigenvalue weighted by atomic mass is 19.4. The van der Waals surface area contributed by atoms with Crippen LogP contribution in [0.5, 0.6) is 0 Å². The van der Waals surface area contributed by atoms with Gasteiger partial charge in [0.05, 0.1) is 0 Å². The Bertz CT molecular complexity index is 1520. The Morgan fingerprint density at radius 1 is 0.180 bits per heavy atom. The van der Waals surface area contributed by atoms with Crippen LogP contribution in [0.25, 0.3) is 0 Å². The third-order valence-electron chi connectivity index (χ3n) is 8.15. The van der Waals surface area contributed by atoms with E-state index in [0.717, 1.165) is 0 Å². The number of hydrogen-bond donors (Lipinski definition) is 0. The molecular formula is C24H13F37. The highest BCUT2D eigenvalue weighted by molar-refractivity contribution is 5.15. The van der Waals surface area contributed by atoms with E-state index in [4.69, 9.17) is 0 Å². The monoisotopic (exact) mass is 1000 g/mol. The largest absolute Gasteiger partial charge is 0.460 e. The maximum absolute atomic E-state index is 14.0. The average molecular weight is 1000 g/mol. The van der Waals surface area contributed by atoms with E-state index in [2.05, 4.69) is 0 Å². The predicted molar refractivity (Wildman–Crippen MR) is 119 cm³/mol. The standard InChI is InChI=1S/C24H13F37/c1-2-7(25,26)12(35,36)17(45,46)18(47,48)13(37,38)8(27,28)3-4-9(29,30)14(39,40)19(49,50)20(51,52)15(41,42)10(31,32)5-6-11(33,34)16(43,44)21(53,54)22(55,56)23(57,58)24(59,60)61/h2-6H2,1H3. The minimum absolute atomic E-state index is 0.272. The SMILES string of the molecule is CCC(F)(F)C(F)(F)C(F)(F)C(F)(F)C(F)(F)C(F)(F)CCC(F)(F)C(F)(F)C(F)(F)C(F)(F)C(F)(F)C(F)(F)CCC(F)(F)C(F)(F)C(F)(F)C(F)(F)C(F)(F)C(F)(F)F. The van der Waals surface area contributed by atoms with Crippen molar-refractivity contribution in [3.8, 4) is 0 Å². The average Bonchev–Trinajstić information content (AvgIpc) is 3.04. The Kier molecular flexibility index (Phi) is 14.3. The van der Waals surface area contributed by atoms with Crippen molar-refractivity contribution in [2.75, 3.05) is 0 Å². The molecule has 368 valence electrons. The Balaban J connectivity index is 6.93. The zero-order valence-corrected chi connectivity index (χ0v) is 27.5. The Labute approximate surface area is 309 Å². The quantitative estimate of drug-likeness (QED) is 0.101. The zero-order chi connectivity index (χ0) is 50.5. The fourth-order valence-corrected chi connectivity index (χ4v) is 3.99. The molecule has 0 fully saturated rings. The summed E-state index contributed by atoms with van der Waals surface area (Å²) in [7, 11) is 0. The molecule has 0 aromatic heterocycles. The summed E-state index contributed by atoms with van der Waals surface area (Å²) >= 11 is 0. The van der Waals surface area contributed by atoms with Crippen LogP contribution in [0.15, 0.2) is 0 Å². The highest BCUT2D eigenvalue weighted by Gasteiger charge is 2.93. The number of alkyl halides is 37. The van der Waals surface area contributed by atoms with Crippen LogP contribution in [0.2, 0.25) is 0 Å². The molecule has 0 nitrogen and oxygen atoms in total. The fraction of sp³-hybridized carbons (Fsp3) is 1.00. The third-order valence-corrected chi connectivity index (χ3v) is 8.15. The summed E-state index contributed by atoms with van der Waals surface area (Å²) in [4.78, 5) is 0. The van der Waals surface area contributed by atoms with Gasteiger partial charge < -0.3 is 0 Å². The van der Waals surface area contributed by atoms with Gasteiger partial charge >= 0.3 is 107 Å². The lowest BCUT2D eigenvalue weighted by Crippen LogP contribution is -2.71. The minimum atomic E-state index is -9.24. The molecule has 0 aliphatic rings. The molecule has 61 heavy (non-hydrogen) atoms. The second-order valence-corrected chi connectivity index (χ2v) is 12.3. The molecular weight excluding hydrogens is 991 g/mol. The van der Waals surface area contributed by atoms with Gasteiger partial charge in [-0.3, -0.25) is 0 Å². The molecule has 0 aliphatic heterocycles. The van der Waals surface area contributed by atoms with Gasteiger partial charge in [-0.2, -0.15) is 162 Å². The normalized spacial score (nSPS) is 17.0. The molecule has 0 bridgehead atoms. The van der Waals surface area contributed by atoms with Crippen molar-refractivity contribution in [1.29, 1.82) is 0 Å². The van der Waals surface area contributed by atoms with Crippen LogP contribution in [0.1, 0.15) is 39.0 Å². The van der Waals surface area contributed by atoms with E-state index in [-0.39, 0.29) is 6.92 Å². The Morgan fingerprint density at radius 2 is 0.311 bits per heavy atom. The van der Waals surface area contributed by atoms with Crippen LogP contribution >= 0.6 is 0 Å². The molecule has 0 aromatic carbocycles. The van der Waals surface area contributed by atoms with Gasteiger partial charge in [0.2, 0.25) is 0 Å². The summed E-state index contributed by atoms with van der Waals surface area (Å²) in [6.07, 6.45) is -29.6. The molecule has 0 amide bonds. The topological polar surface area (TPSA) is 0 Å². The second kappa shape index (κ2) is 15.0. The summed E-state index contributed by atoms with van der Waals surface area (Å²) in [5.74, 6) is -143. The predicted octanol–water partition coefficient (Wildman–Crippen LogP) is 14.3. The van der Waals surface area contributed by atoms with Crippen molar-refractivity contribution in [2.24, 2.45) is 0 Å². The summed E-state index contributed by atoms with van der Waals surface area (Å²) in [5, 5.41) is 0. The molecule has 0 aliphatic carbocycles. The van der Waals surface area contributed by atoms with E-state index in [9.17, 15) is 162 Å². The molecule has 0 saturated carbocycles. The van der Waals surface area contributed by atoms with Crippen molar-refractivity contribution in [2.45, 2.75) is 146 Å². The highest BCUT2D eigenvalue weighted by Crippen LogP contribution is 2.66. The lowest BCUT2D eigenvalue weighted by molar-refractivity contribution is -0.442. The molecule has 0 radical (unpaired) electrons. The van der Waals surface area contributed by atoms with Gasteiger partial charge in [-0.05, 0) is 0 Å². The number of halogens is 37. The van der Waals surface area contributed by atoms with E-state index in [1.165, 1.54) is 0 Å². The molecule has 37 heteroatoms. The van der Waals surface area contributed by atoms with Gasteiger partial charge in [-0.1, -0.05) is 6.92 Å². The van der Waals surface area contributed by atoms with Crippen LogP contribution in [-0.4, -0.2) is 107 Å². The molecule has 0 saturated heterocycles. The lowest BCUT2D eigenvalue weighted by Gasteiger charge is -2.43. The summed E-state index contributed by atoms with van der Waals surface area (Å²) in [6, 6.07) is 0. The van der Waals surface area contributed by atoms with Gasteiger partial charge in [-0.25, -0.2) is 0 Å². The van der Waals surface area contributed by atoms with E-state index in [1.54, 1.807) is 0 Å². The molecule has 0 atom stereocenters. The van der Waals surface area contributed by atoms with Gasteiger partial charge in [0.1, 0.15) is 0 Å². The van der Waals surface area contributed by atoms with Crippen LogP contribution in [0.3, 0.4) is 0 Å². The molecule has 0 heterocycles. The van der Waals surface area contributed by atoms with Gasteiger partial charge in [-0.15, -0.1) is 0 Å². The first kappa shape index (κ1) is 58.4. The van der Waals surface area contributed by atoms with E-state index >= 15 is 0 Å². The smallest absolute Gasteiger partial charge is 0.200 e. The molecule has 0 rings (SSSR count). The van der Waals surface area contributed by atoms with Crippen molar-refractivity contribution in [3.05, 3.63) is 0 Å².